The maximum Gasteiger partial charge on any atom is 0.315 e. The summed E-state index contributed by atoms with van der Waals surface area (Å²) in [6, 6.07) is 7.75. The summed E-state index contributed by atoms with van der Waals surface area (Å²) in [5.41, 5.74) is 2.03. The van der Waals surface area contributed by atoms with Crippen LogP contribution in [0.4, 0.5) is 4.79 Å². The third-order valence-electron chi connectivity index (χ3n) is 4.66. The first kappa shape index (κ1) is 19.7. The molecule has 0 heterocycles. The average Bonchev–Trinajstić information content (AvgIpc) is 2.55. The fraction of sp³-hybridized carbons (Fsp3) is 0.611. The first-order valence-electron chi connectivity index (χ1n) is 8.90. The predicted octanol–water partition coefficient (Wildman–Crippen LogP) is 2.39. The molecule has 2 amide bonds. The number of hydrogen-bond acceptors (Lipinski definition) is 3. The average molecular weight is 368 g/mol. The number of amides is 2. The van der Waals surface area contributed by atoms with Gasteiger partial charge in [0.05, 0.1) is 6.26 Å². The van der Waals surface area contributed by atoms with E-state index in [2.05, 4.69) is 10.6 Å². The smallest absolute Gasteiger partial charge is 0.315 e. The summed E-state index contributed by atoms with van der Waals surface area (Å²) in [7, 11) is -3.34. The molecule has 0 spiro atoms. The molecule has 2 N–H and O–H groups in total. The molecule has 0 bridgehead atoms. The molecule has 2 rings (SSSR count). The summed E-state index contributed by atoms with van der Waals surface area (Å²) in [6.45, 7) is 2.83. The number of sulfonamides is 1. The van der Waals surface area contributed by atoms with E-state index in [9.17, 15) is 13.2 Å². The van der Waals surface area contributed by atoms with E-state index in [0.29, 0.717) is 6.54 Å². The Hall–Kier alpha value is -1.60. The number of aryl methyl sites for hydroxylation is 1. The molecule has 1 aliphatic carbocycles. The molecular formula is C18H29N3O3S. The second-order valence-electron chi connectivity index (χ2n) is 6.76. The predicted molar refractivity (Wildman–Crippen MR) is 99.8 cm³/mol. The quantitative estimate of drug-likeness (QED) is 0.777. The number of nitrogens with one attached hydrogen (secondary N) is 2. The monoisotopic (exact) mass is 367 g/mol. The molecule has 0 atom stereocenters. The van der Waals surface area contributed by atoms with Gasteiger partial charge in [0.2, 0.25) is 10.0 Å². The molecule has 25 heavy (non-hydrogen) atoms. The van der Waals surface area contributed by atoms with Crippen LogP contribution >= 0.6 is 0 Å². The van der Waals surface area contributed by atoms with Crippen LogP contribution in [-0.4, -0.2) is 44.1 Å². The number of nitrogens with zero attached hydrogens (tertiary/aromatic N) is 1. The van der Waals surface area contributed by atoms with Crippen molar-refractivity contribution in [2.75, 3.05) is 19.3 Å². The van der Waals surface area contributed by atoms with Gasteiger partial charge in [-0.3, -0.25) is 0 Å². The summed E-state index contributed by atoms with van der Waals surface area (Å²) < 4.78 is 25.5. The van der Waals surface area contributed by atoms with Crippen molar-refractivity contribution in [3.63, 3.8) is 0 Å². The maximum absolute atomic E-state index is 12.0. The largest absolute Gasteiger partial charge is 0.337 e. The molecular weight excluding hydrogens is 338 g/mol. The Morgan fingerprint density at radius 3 is 2.52 bits per heavy atom. The van der Waals surface area contributed by atoms with Crippen molar-refractivity contribution in [1.29, 1.82) is 0 Å². The Labute approximate surface area is 151 Å². The third kappa shape index (κ3) is 6.66. The molecule has 6 nitrogen and oxygen atoms in total. The summed E-state index contributed by atoms with van der Waals surface area (Å²) in [6.07, 6.45) is 6.80. The van der Waals surface area contributed by atoms with Crippen LogP contribution in [0, 0.1) is 6.92 Å². The van der Waals surface area contributed by atoms with Gasteiger partial charge in [-0.2, -0.15) is 4.31 Å². The highest BCUT2D eigenvalue weighted by Gasteiger charge is 2.19. The normalized spacial score (nSPS) is 16.0. The molecule has 0 radical (unpaired) electrons. The first-order chi connectivity index (χ1) is 11.9. The maximum atomic E-state index is 12.0. The number of rotatable bonds is 7. The van der Waals surface area contributed by atoms with Gasteiger partial charge in [0, 0.05) is 25.7 Å². The van der Waals surface area contributed by atoms with Crippen molar-refractivity contribution in [3.05, 3.63) is 35.4 Å². The van der Waals surface area contributed by atoms with E-state index in [1.807, 2.05) is 31.2 Å². The van der Waals surface area contributed by atoms with Crippen LogP contribution < -0.4 is 10.6 Å². The van der Waals surface area contributed by atoms with Gasteiger partial charge in [0.15, 0.2) is 0 Å². The van der Waals surface area contributed by atoms with Crippen molar-refractivity contribution < 1.29 is 13.2 Å². The molecule has 1 aliphatic rings. The Kier molecular flexibility index (Phi) is 7.25. The SMILES string of the molecule is Cc1ccccc1CN(CCNC(=O)NC1CCCCC1)S(C)(=O)=O. The van der Waals surface area contributed by atoms with Crippen LogP contribution in [0.3, 0.4) is 0 Å². The molecule has 0 saturated heterocycles. The van der Waals surface area contributed by atoms with Gasteiger partial charge < -0.3 is 10.6 Å². The van der Waals surface area contributed by atoms with E-state index in [1.54, 1.807) is 0 Å². The second-order valence-corrected chi connectivity index (χ2v) is 8.74. The highest BCUT2D eigenvalue weighted by molar-refractivity contribution is 7.88. The van der Waals surface area contributed by atoms with Crippen molar-refractivity contribution in [1.82, 2.24) is 14.9 Å². The Balaban J connectivity index is 1.84. The lowest BCUT2D eigenvalue weighted by Crippen LogP contribution is -2.45. The van der Waals surface area contributed by atoms with Gasteiger partial charge in [0.1, 0.15) is 0 Å². The molecule has 140 valence electrons. The summed E-state index contributed by atoms with van der Waals surface area (Å²) in [5, 5.41) is 5.75. The van der Waals surface area contributed by atoms with Gasteiger partial charge in [-0.15, -0.1) is 0 Å². The van der Waals surface area contributed by atoms with Crippen molar-refractivity contribution in [3.8, 4) is 0 Å². The number of benzene rings is 1. The number of hydrogen-bond donors (Lipinski definition) is 2. The number of carbonyl (C=O) groups excluding carboxylic acids is 1. The van der Waals surface area contributed by atoms with Crippen LogP contribution in [0.5, 0.6) is 0 Å². The van der Waals surface area contributed by atoms with E-state index in [-0.39, 0.29) is 25.2 Å². The molecule has 0 aromatic heterocycles. The molecule has 1 aromatic carbocycles. The Bertz CT molecular complexity index is 670. The van der Waals surface area contributed by atoms with E-state index >= 15 is 0 Å². The van der Waals surface area contributed by atoms with Gasteiger partial charge in [-0.1, -0.05) is 43.5 Å². The van der Waals surface area contributed by atoms with Gasteiger partial charge >= 0.3 is 6.03 Å². The molecule has 7 heteroatoms. The second kappa shape index (κ2) is 9.20. The van der Waals surface area contributed by atoms with Gasteiger partial charge in [0.25, 0.3) is 0 Å². The van der Waals surface area contributed by atoms with Crippen molar-refractivity contribution in [2.24, 2.45) is 0 Å². The first-order valence-corrected chi connectivity index (χ1v) is 10.7. The Morgan fingerprint density at radius 1 is 1.20 bits per heavy atom. The van der Waals surface area contributed by atoms with Crippen LogP contribution in [0.25, 0.3) is 0 Å². The summed E-state index contributed by atoms with van der Waals surface area (Å²) in [5.74, 6) is 0. The van der Waals surface area contributed by atoms with E-state index in [4.69, 9.17) is 0 Å². The van der Waals surface area contributed by atoms with E-state index in [1.165, 1.54) is 17.0 Å². The highest BCUT2D eigenvalue weighted by Crippen LogP contribution is 2.17. The standard InChI is InChI=1S/C18H29N3O3S/c1-15-8-6-7-9-16(15)14-21(25(2,23)24)13-12-19-18(22)20-17-10-4-3-5-11-17/h6-9,17H,3-5,10-14H2,1-2H3,(H2,19,20,22). The van der Waals surface area contributed by atoms with E-state index in [0.717, 1.165) is 36.8 Å². The topological polar surface area (TPSA) is 78.5 Å². The fourth-order valence-electron chi connectivity index (χ4n) is 3.12. The van der Waals surface area contributed by atoms with Crippen LogP contribution in [0.15, 0.2) is 24.3 Å². The molecule has 0 aliphatic heterocycles. The van der Waals surface area contributed by atoms with E-state index < -0.39 is 10.0 Å². The number of carbonyl (C=O) groups is 1. The lowest BCUT2D eigenvalue weighted by atomic mass is 9.96. The Morgan fingerprint density at radius 2 is 1.88 bits per heavy atom. The highest BCUT2D eigenvalue weighted by atomic mass is 32.2. The third-order valence-corrected chi connectivity index (χ3v) is 5.91. The van der Waals surface area contributed by atoms with Gasteiger partial charge in [-0.25, -0.2) is 13.2 Å². The minimum Gasteiger partial charge on any atom is -0.337 e. The molecule has 1 saturated carbocycles. The molecule has 0 unspecified atom stereocenters. The van der Waals surface area contributed by atoms with Crippen molar-refractivity contribution in [2.45, 2.75) is 51.6 Å². The lowest BCUT2D eigenvalue weighted by Gasteiger charge is -2.24. The summed E-state index contributed by atoms with van der Waals surface area (Å²) in [4.78, 5) is 12.0. The minimum absolute atomic E-state index is 0.212. The van der Waals surface area contributed by atoms with Crippen LogP contribution in [0.2, 0.25) is 0 Å². The fourth-order valence-corrected chi connectivity index (χ4v) is 3.91. The minimum atomic E-state index is -3.34. The van der Waals surface area contributed by atoms with Gasteiger partial charge in [-0.05, 0) is 30.9 Å². The van der Waals surface area contributed by atoms with Crippen LogP contribution in [-0.2, 0) is 16.6 Å². The zero-order valence-electron chi connectivity index (χ0n) is 15.1. The van der Waals surface area contributed by atoms with Crippen molar-refractivity contribution >= 4 is 16.1 Å². The molecule has 1 fully saturated rings. The zero-order valence-corrected chi connectivity index (χ0v) is 15.9. The lowest BCUT2D eigenvalue weighted by molar-refractivity contribution is 0.231. The summed E-state index contributed by atoms with van der Waals surface area (Å²) >= 11 is 0. The molecule has 1 aromatic rings. The number of urea groups is 1. The van der Waals surface area contributed by atoms with Crippen LogP contribution in [0.1, 0.15) is 43.2 Å². The zero-order chi connectivity index (χ0) is 18.3.